The number of nitrogens with one attached hydrogen (secondary N) is 1. The monoisotopic (exact) mass is 399 g/mol. The number of urea groups is 1. The van der Waals surface area contributed by atoms with Crippen LogP contribution in [0.2, 0.25) is 0 Å². The molecule has 0 aromatic heterocycles. The fraction of sp³-hybridized carbons (Fsp3) is 0.364. The second-order valence-corrected chi connectivity index (χ2v) is 7.68. The highest BCUT2D eigenvalue weighted by Gasteiger charge is 2.27. The van der Waals surface area contributed by atoms with Gasteiger partial charge in [0.15, 0.2) is 0 Å². The third kappa shape index (κ3) is 3.95. The van der Waals surface area contributed by atoms with Gasteiger partial charge in [0.25, 0.3) is 0 Å². The van der Waals surface area contributed by atoms with E-state index in [1.807, 2.05) is 12.1 Å². The van der Waals surface area contributed by atoms with Crippen molar-refractivity contribution in [1.82, 2.24) is 4.90 Å². The maximum atomic E-state index is 14.1. The number of likely N-dealkylation sites (tertiary alicyclic amines) is 1. The van der Waals surface area contributed by atoms with Crippen LogP contribution in [0.15, 0.2) is 36.4 Å². The summed E-state index contributed by atoms with van der Waals surface area (Å²) in [4.78, 5) is 27.9. The van der Waals surface area contributed by atoms with Crippen molar-refractivity contribution in [2.24, 2.45) is 0 Å². The summed E-state index contributed by atoms with van der Waals surface area (Å²) in [7, 11) is 1.75. The van der Waals surface area contributed by atoms with Crippen LogP contribution in [0.4, 0.5) is 25.0 Å². The number of carbonyl (C=O) groups is 2. The molecule has 152 valence electrons. The first-order chi connectivity index (χ1) is 13.9. The zero-order valence-corrected chi connectivity index (χ0v) is 16.3. The van der Waals surface area contributed by atoms with E-state index in [0.717, 1.165) is 29.8 Å². The average Bonchev–Trinajstić information content (AvgIpc) is 2.72. The predicted molar refractivity (Wildman–Crippen MR) is 107 cm³/mol. The summed E-state index contributed by atoms with van der Waals surface area (Å²) in [6.45, 7) is 0.913. The van der Waals surface area contributed by atoms with Crippen molar-refractivity contribution in [3.8, 4) is 0 Å². The molecule has 0 aliphatic carbocycles. The maximum absolute atomic E-state index is 14.1. The molecule has 4 rings (SSSR count). The van der Waals surface area contributed by atoms with Crippen molar-refractivity contribution in [1.29, 1.82) is 0 Å². The molecule has 0 bridgehead atoms. The molecular weight excluding hydrogens is 376 g/mol. The second-order valence-electron chi connectivity index (χ2n) is 7.68. The molecule has 0 radical (unpaired) electrons. The molecule has 2 aromatic rings. The standard InChI is InChI=1S/C22H23F2N3O2/c1-26-20-8-6-17(11-14(20)4-9-21(26)28)25-22(29)27-10-2-3-15(13-27)18-12-16(23)5-7-19(18)24/h5-8,11-12,15H,2-4,9-10,13H2,1H3,(H,25,29)/t15-/m0/s1. The number of hydrogen-bond donors (Lipinski definition) is 1. The van der Waals surface area contributed by atoms with Crippen molar-refractivity contribution in [3.05, 3.63) is 59.2 Å². The lowest BCUT2D eigenvalue weighted by Crippen LogP contribution is -2.41. The number of halogens is 2. The number of benzene rings is 2. The molecule has 0 unspecified atom stereocenters. The molecule has 2 aliphatic rings. The van der Waals surface area contributed by atoms with Crippen LogP contribution in [0.5, 0.6) is 0 Å². The van der Waals surface area contributed by atoms with Crippen LogP contribution in [0.3, 0.4) is 0 Å². The molecule has 2 aromatic carbocycles. The molecule has 0 spiro atoms. The van der Waals surface area contributed by atoms with Crippen LogP contribution in [-0.2, 0) is 11.2 Å². The van der Waals surface area contributed by atoms with Gasteiger partial charge < -0.3 is 15.1 Å². The number of hydrogen-bond acceptors (Lipinski definition) is 2. The predicted octanol–water partition coefficient (Wildman–Crippen LogP) is 4.29. The van der Waals surface area contributed by atoms with Crippen LogP contribution in [0.25, 0.3) is 0 Å². The normalized spacial score (nSPS) is 19.1. The average molecular weight is 399 g/mol. The molecule has 1 fully saturated rings. The van der Waals surface area contributed by atoms with Gasteiger partial charge in [0.1, 0.15) is 11.6 Å². The van der Waals surface area contributed by atoms with E-state index in [1.54, 1.807) is 22.9 Å². The van der Waals surface area contributed by atoms with Crippen molar-refractivity contribution in [2.75, 3.05) is 30.4 Å². The van der Waals surface area contributed by atoms with Crippen molar-refractivity contribution >= 4 is 23.3 Å². The SMILES string of the molecule is CN1C(=O)CCc2cc(NC(=O)N3CCC[C@H](c4cc(F)ccc4F)C3)ccc21. The Balaban J connectivity index is 1.46. The van der Waals surface area contributed by atoms with Crippen molar-refractivity contribution in [3.63, 3.8) is 0 Å². The molecule has 2 heterocycles. The zero-order valence-electron chi connectivity index (χ0n) is 16.3. The first kappa shape index (κ1) is 19.4. The van der Waals surface area contributed by atoms with Crippen LogP contribution in [-0.4, -0.2) is 37.0 Å². The number of fused-ring (bicyclic) bond motifs is 1. The Hall–Kier alpha value is -2.96. The molecule has 0 saturated carbocycles. The number of amides is 3. The molecule has 5 nitrogen and oxygen atoms in total. The van der Waals surface area contributed by atoms with E-state index in [2.05, 4.69) is 5.32 Å². The van der Waals surface area contributed by atoms with Gasteiger partial charge >= 0.3 is 6.03 Å². The summed E-state index contributed by atoms with van der Waals surface area (Å²) in [6.07, 6.45) is 2.54. The van der Waals surface area contributed by atoms with Crippen LogP contribution in [0.1, 0.15) is 36.3 Å². The maximum Gasteiger partial charge on any atom is 0.321 e. The first-order valence-corrected chi connectivity index (χ1v) is 9.83. The number of piperidine rings is 1. The van der Waals surface area contributed by atoms with Gasteiger partial charge in [-0.25, -0.2) is 13.6 Å². The summed E-state index contributed by atoms with van der Waals surface area (Å²) in [5, 5.41) is 2.90. The quantitative estimate of drug-likeness (QED) is 0.819. The molecule has 29 heavy (non-hydrogen) atoms. The number of aryl methyl sites for hydroxylation is 1. The van der Waals surface area contributed by atoms with E-state index >= 15 is 0 Å². The Bertz CT molecular complexity index is 963. The van der Waals surface area contributed by atoms with Gasteiger partial charge in [-0.2, -0.15) is 0 Å². The number of anilines is 2. The highest BCUT2D eigenvalue weighted by atomic mass is 19.1. The zero-order chi connectivity index (χ0) is 20.5. The fourth-order valence-electron chi connectivity index (χ4n) is 4.18. The Morgan fingerprint density at radius 3 is 2.79 bits per heavy atom. The molecular formula is C22H23F2N3O2. The fourth-order valence-corrected chi connectivity index (χ4v) is 4.18. The smallest absolute Gasteiger partial charge is 0.321 e. The molecule has 7 heteroatoms. The summed E-state index contributed by atoms with van der Waals surface area (Å²) < 4.78 is 27.7. The van der Waals surface area contributed by atoms with Crippen molar-refractivity contribution < 1.29 is 18.4 Å². The van der Waals surface area contributed by atoms with Gasteiger partial charge in [0.2, 0.25) is 5.91 Å². The molecule has 1 atom stereocenters. The minimum Gasteiger partial charge on any atom is -0.324 e. The van der Waals surface area contributed by atoms with E-state index in [9.17, 15) is 18.4 Å². The third-order valence-electron chi connectivity index (χ3n) is 5.78. The van der Waals surface area contributed by atoms with E-state index in [1.165, 1.54) is 6.07 Å². The van der Waals surface area contributed by atoms with Gasteiger partial charge in [-0.1, -0.05) is 0 Å². The van der Waals surface area contributed by atoms with Gasteiger partial charge in [0.05, 0.1) is 0 Å². The van der Waals surface area contributed by atoms with Crippen molar-refractivity contribution in [2.45, 2.75) is 31.6 Å². The highest BCUT2D eigenvalue weighted by Crippen LogP contribution is 2.31. The van der Waals surface area contributed by atoms with Crippen LogP contribution >= 0.6 is 0 Å². The minimum atomic E-state index is -0.472. The van der Waals surface area contributed by atoms with E-state index in [0.29, 0.717) is 43.6 Å². The minimum absolute atomic E-state index is 0.0817. The van der Waals surface area contributed by atoms with Crippen LogP contribution in [0, 0.1) is 11.6 Å². The summed E-state index contributed by atoms with van der Waals surface area (Å²) in [5.74, 6) is -1.06. The van der Waals surface area contributed by atoms with Gasteiger partial charge in [-0.3, -0.25) is 4.79 Å². The lowest BCUT2D eigenvalue weighted by molar-refractivity contribution is -0.118. The summed E-state index contributed by atoms with van der Waals surface area (Å²) in [6, 6.07) is 8.72. The second kappa shape index (κ2) is 7.81. The third-order valence-corrected chi connectivity index (χ3v) is 5.78. The molecule has 1 N–H and O–H groups in total. The topological polar surface area (TPSA) is 52.7 Å². The lowest BCUT2D eigenvalue weighted by atomic mass is 9.90. The number of rotatable bonds is 2. The Morgan fingerprint density at radius 2 is 1.97 bits per heavy atom. The van der Waals surface area contributed by atoms with Gasteiger partial charge in [-0.15, -0.1) is 0 Å². The molecule has 3 amide bonds. The number of carbonyl (C=O) groups excluding carboxylic acids is 2. The van der Waals surface area contributed by atoms with E-state index in [-0.39, 0.29) is 17.9 Å². The van der Waals surface area contributed by atoms with E-state index in [4.69, 9.17) is 0 Å². The first-order valence-electron chi connectivity index (χ1n) is 9.83. The highest BCUT2D eigenvalue weighted by molar-refractivity contribution is 5.97. The molecule has 1 saturated heterocycles. The molecule has 2 aliphatic heterocycles. The Labute approximate surface area is 168 Å². The Kier molecular flexibility index (Phi) is 5.22. The van der Waals surface area contributed by atoms with E-state index < -0.39 is 11.6 Å². The largest absolute Gasteiger partial charge is 0.324 e. The summed E-state index contributed by atoms with van der Waals surface area (Å²) in [5.41, 5.74) is 2.86. The summed E-state index contributed by atoms with van der Waals surface area (Å²) >= 11 is 0. The Morgan fingerprint density at radius 1 is 1.14 bits per heavy atom. The van der Waals surface area contributed by atoms with Crippen LogP contribution < -0.4 is 10.2 Å². The van der Waals surface area contributed by atoms with Gasteiger partial charge in [0, 0.05) is 43.9 Å². The van der Waals surface area contributed by atoms with Gasteiger partial charge in [-0.05, 0) is 66.8 Å². The lowest BCUT2D eigenvalue weighted by Gasteiger charge is -2.33. The number of nitrogens with zero attached hydrogens (tertiary/aromatic N) is 2.